The zero-order valence-electron chi connectivity index (χ0n) is 9.33. The topological polar surface area (TPSA) is 40.5 Å². The van der Waals surface area contributed by atoms with E-state index in [2.05, 4.69) is 15.9 Å². The second kappa shape index (κ2) is 3.86. The molecule has 2 rings (SSSR count). The highest BCUT2D eigenvalue weighted by molar-refractivity contribution is 9.10. The molecule has 1 aromatic rings. The van der Waals surface area contributed by atoms with Crippen LogP contribution in [-0.2, 0) is 5.54 Å². The summed E-state index contributed by atoms with van der Waals surface area (Å²) in [4.78, 5) is 13.9. The SMILES string of the molecule is CC1(C)c2c(Br)cccc2C(=O)N1CCO. The molecule has 0 spiro atoms. The van der Waals surface area contributed by atoms with Crippen LogP contribution in [0.5, 0.6) is 0 Å². The van der Waals surface area contributed by atoms with E-state index >= 15 is 0 Å². The monoisotopic (exact) mass is 283 g/mol. The van der Waals surface area contributed by atoms with Crippen LogP contribution in [0.25, 0.3) is 0 Å². The third-order valence-corrected chi connectivity index (χ3v) is 3.76. The van der Waals surface area contributed by atoms with Crippen LogP contribution in [0.15, 0.2) is 22.7 Å². The maximum absolute atomic E-state index is 12.1. The summed E-state index contributed by atoms with van der Waals surface area (Å²) in [6.45, 7) is 4.35. The number of hydrogen-bond acceptors (Lipinski definition) is 2. The van der Waals surface area contributed by atoms with E-state index in [1.54, 1.807) is 4.90 Å². The maximum atomic E-state index is 12.1. The first-order valence-electron chi connectivity index (χ1n) is 5.22. The maximum Gasteiger partial charge on any atom is 0.255 e. The van der Waals surface area contributed by atoms with Crippen LogP contribution in [-0.4, -0.2) is 29.1 Å². The molecule has 0 unspecified atom stereocenters. The van der Waals surface area contributed by atoms with Gasteiger partial charge in [0.05, 0.1) is 12.1 Å². The van der Waals surface area contributed by atoms with Crippen LogP contribution in [0.3, 0.4) is 0 Å². The van der Waals surface area contributed by atoms with E-state index in [9.17, 15) is 4.79 Å². The number of nitrogens with zero attached hydrogens (tertiary/aromatic N) is 1. The number of amides is 1. The molecule has 0 radical (unpaired) electrons. The number of rotatable bonds is 2. The summed E-state index contributed by atoms with van der Waals surface area (Å²) in [6.07, 6.45) is 0. The number of halogens is 1. The molecule has 1 N–H and O–H groups in total. The number of carbonyl (C=O) groups excluding carboxylic acids is 1. The second-order valence-electron chi connectivity index (χ2n) is 4.40. The summed E-state index contributed by atoms with van der Waals surface area (Å²) < 4.78 is 0.948. The van der Waals surface area contributed by atoms with Crippen LogP contribution >= 0.6 is 15.9 Å². The first kappa shape index (κ1) is 11.6. The number of aliphatic hydroxyl groups is 1. The van der Waals surface area contributed by atoms with Crippen molar-refractivity contribution in [2.75, 3.05) is 13.2 Å². The molecule has 0 aliphatic carbocycles. The number of hydrogen-bond donors (Lipinski definition) is 1. The number of carbonyl (C=O) groups is 1. The molecular weight excluding hydrogens is 270 g/mol. The van der Waals surface area contributed by atoms with Gasteiger partial charge in [-0.3, -0.25) is 4.79 Å². The summed E-state index contributed by atoms with van der Waals surface area (Å²) >= 11 is 3.49. The van der Waals surface area contributed by atoms with Crippen molar-refractivity contribution < 1.29 is 9.90 Å². The minimum atomic E-state index is -0.366. The molecular formula is C12H14BrNO2. The Morgan fingerprint density at radius 1 is 1.44 bits per heavy atom. The van der Waals surface area contributed by atoms with Gasteiger partial charge in [-0.15, -0.1) is 0 Å². The van der Waals surface area contributed by atoms with Crippen molar-refractivity contribution in [2.24, 2.45) is 0 Å². The zero-order chi connectivity index (χ0) is 11.9. The Labute approximate surface area is 103 Å². The molecule has 86 valence electrons. The van der Waals surface area contributed by atoms with Gasteiger partial charge in [0.2, 0.25) is 0 Å². The van der Waals surface area contributed by atoms with Gasteiger partial charge in [-0.2, -0.15) is 0 Å². The zero-order valence-corrected chi connectivity index (χ0v) is 10.9. The van der Waals surface area contributed by atoms with Crippen molar-refractivity contribution in [1.82, 2.24) is 4.90 Å². The van der Waals surface area contributed by atoms with Gasteiger partial charge in [-0.05, 0) is 26.0 Å². The predicted octanol–water partition coefficient (Wildman–Crippen LogP) is 2.13. The van der Waals surface area contributed by atoms with Gasteiger partial charge in [0.1, 0.15) is 0 Å². The van der Waals surface area contributed by atoms with Gasteiger partial charge >= 0.3 is 0 Å². The fourth-order valence-corrected chi connectivity index (χ4v) is 3.19. The Balaban J connectivity index is 2.58. The fraction of sp³-hybridized carbons (Fsp3) is 0.417. The molecule has 0 fully saturated rings. The summed E-state index contributed by atoms with van der Waals surface area (Å²) in [5, 5.41) is 9.02. The van der Waals surface area contributed by atoms with Crippen LogP contribution in [0.4, 0.5) is 0 Å². The van der Waals surface area contributed by atoms with Crippen LogP contribution < -0.4 is 0 Å². The second-order valence-corrected chi connectivity index (χ2v) is 5.26. The molecule has 4 heteroatoms. The van der Waals surface area contributed by atoms with E-state index in [4.69, 9.17) is 5.11 Å². The van der Waals surface area contributed by atoms with Gasteiger partial charge in [0.25, 0.3) is 5.91 Å². The Hall–Kier alpha value is -0.870. The highest BCUT2D eigenvalue weighted by Crippen LogP contribution is 2.42. The van der Waals surface area contributed by atoms with Crippen molar-refractivity contribution in [3.05, 3.63) is 33.8 Å². The summed E-state index contributed by atoms with van der Waals surface area (Å²) in [5.41, 5.74) is 1.37. The van der Waals surface area contributed by atoms with E-state index in [0.717, 1.165) is 15.6 Å². The first-order valence-corrected chi connectivity index (χ1v) is 6.01. The average molecular weight is 284 g/mol. The van der Waals surface area contributed by atoms with E-state index in [0.29, 0.717) is 6.54 Å². The molecule has 1 aliphatic heterocycles. The van der Waals surface area contributed by atoms with Crippen molar-refractivity contribution >= 4 is 21.8 Å². The predicted molar refractivity (Wildman–Crippen MR) is 65.3 cm³/mol. The molecule has 0 atom stereocenters. The average Bonchev–Trinajstić information content (AvgIpc) is 2.41. The molecule has 1 aliphatic rings. The molecule has 1 aromatic carbocycles. The fourth-order valence-electron chi connectivity index (χ4n) is 2.34. The molecule has 1 heterocycles. The van der Waals surface area contributed by atoms with Gasteiger partial charge in [0.15, 0.2) is 0 Å². The molecule has 0 saturated heterocycles. The Morgan fingerprint density at radius 3 is 2.69 bits per heavy atom. The molecule has 0 saturated carbocycles. The third kappa shape index (κ3) is 1.48. The molecule has 0 bridgehead atoms. The lowest BCUT2D eigenvalue weighted by atomic mass is 9.94. The minimum Gasteiger partial charge on any atom is -0.395 e. The number of β-amino-alcohol motifs (C(OH)–C–C–N with tert-alkyl or cyclic N) is 1. The van der Waals surface area contributed by atoms with Gasteiger partial charge in [-0.25, -0.2) is 0 Å². The lowest BCUT2D eigenvalue weighted by Gasteiger charge is -2.32. The minimum absolute atomic E-state index is 0.00431. The summed E-state index contributed by atoms with van der Waals surface area (Å²) in [5.74, 6) is -0.00431. The third-order valence-electron chi connectivity index (χ3n) is 3.10. The standard InChI is InChI=1S/C12H14BrNO2/c1-12(2)10-8(4-3-5-9(10)13)11(16)14(12)6-7-15/h3-5,15H,6-7H2,1-2H3. The molecule has 1 amide bonds. The Morgan fingerprint density at radius 2 is 2.12 bits per heavy atom. The Kier molecular flexibility index (Phi) is 2.80. The van der Waals surface area contributed by atoms with Crippen molar-refractivity contribution in [3.8, 4) is 0 Å². The van der Waals surface area contributed by atoms with Crippen LogP contribution in [0.2, 0.25) is 0 Å². The Bertz CT molecular complexity index is 443. The normalized spacial score (nSPS) is 17.8. The van der Waals surface area contributed by atoms with Crippen LogP contribution in [0, 0.1) is 0 Å². The van der Waals surface area contributed by atoms with E-state index in [1.165, 1.54) is 0 Å². The van der Waals surface area contributed by atoms with E-state index in [1.807, 2.05) is 32.0 Å². The highest BCUT2D eigenvalue weighted by atomic mass is 79.9. The summed E-state index contributed by atoms with van der Waals surface area (Å²) in [7, 11) is 0. The van der Waals surface area contributed by atoms with E-state index in [-0.39, 0.29) is 18.1 Å². The lowest BCUT2D eigenvalue weighted by Crippen LogP contribution is -2.41. The summed E-state index contributed by atoms with van der Waals surface area (Å²) in [6, 6.07) is 5.64. The molecule has 3 nitrogen and oxygen atoms in total. The largest absolute Gasteiger partial charge is 0.395 e. The molecule has 16 heavy (non-hydrogen) atoms. The lowest BCUT2D eigenvalue weighted by molar-refractivity contribution is 0.0561. The smallest absolute Gasteiger partial charge is 0.255 e. The highest BCUT2D eigenvalue weighted by Gasteiger charge is 2.43. The number of fused-ring (bicyclic) bond motifs is 1. The quantitative estimate of drug-likeness (QED) is 0.903. The molecule has 0 aromatic heterocycles. The van der Waals surface area contributed by atoms with Gasteiger partial charge in [0, 0.05) is 22.1 Å². The number of aliphatic hydroxyl groups excluding tert-OH is 1. The van der Waals surface area contributed by atoms with Crippen LogP contribution in [0.1, 0.15) is 29.8 Å². The van der Waals surface area contributed by atoms with E-state index < -0.39 is 0 Å². The van der Waals surface area contributed by atoms with Gasteiger partial charge in [-0.1, -0.05) is 22.0 Å². The number of benzene rings is 1. The van der Waals surface area contributed by atoms with Gasteiger partial charge < -0.3 is 10.0 Å². The van der Waals surface area contributed by atoms with Crippen molar-refractivity contribution in [1.29, 1.82) is 0 Å². The van der Waals surface area contributed by atoms with Crippen molar-refractivity contribution in [3.63, 3.8) is 0 Å². The first-order chi connectivity index (χ1) is 7.50. The van der Waals surface area contributed by atoms with Crippen molar-refractivity contribution in [2.45, 2.75) is 19.4 Å².